The maximum Gasteiger partial charge on any atom is 0.0284 e. The van der Waals surface area contributed by atoms with Gasteiger partial charge in [-0.1, -0.05) is 12.7 Å². The molecule has 0 atom stereocenters. The first kappa shape index (κ1) is 7.28. The predicted molar refractivity (Wildman–Crippen MR) is 37.6 cm³/mol. The van der Waals surface area contributed by atoms with Gasteiger partial charge in [-0.25, -0.2) is 0 Å². The first-order chi connectivity index (χ1) is 3.68. The molecule has 0 bridgehead atoms. The van der Waals surface area contributed by atoms with E-state index in [4.69, 9.17) is 0 Å². The van der Waals surface area contributed by atoms with Crippen LogP contribution < -0.4 is 0 Å². The van der Waals surface area contributed by atoms with Crippen LogP contribution in [0, 0.1) is 0 Å². The Morgan fingerprint density at radius 3 is 2.12 bits per heavy atom. The second-order valence-electron chi connectivity index (χ2n) is 1.89. The summed E-state index contributed by atoms with van der Waals surface area (Å²) in [5.41, 5.74) is 1.03. The topological polar surface area (TPSA) is 3.24 Å². The van der Waals surface area contributed by atoms with Crippen molar-refractivity contribution in [3.05, 3.63) is 24.4 Å². The van der Waals surface area contributed by atoms with Gasteiger partial charge in [-0.05, 0) is 13.0 Å². The van der Waals surface area contributed by atoms with Gasteiger partial charge in [0.1, 0.15) is 0 Å². The molecule has 0 amide bonds. The Morgan fingerprint density at radius 1 is 1.50 bits per heavy atom. The monoisotopic (exact) mass is 111 g/mol. The van der Waals surface area contributed by atoms with Crippen molar-refractivity contribution in [2.24, 2.45) is 0 Å². The highest BCUT2D eigenvalue weighted by Gasteiger charge is 1.84. The molecule has 0 aromatic rings. The van der Waals surface area contributed by atoms with Crippen molar-refractivity contribution >= 4 is 0 Å². The third-order valence-electron chi connectivity index (χ3n) is 0.933. The lowest BCUT2D eigenvalue weighted by molar-refractivity contribution is 0.532. The fourth-order valence-corrected chi connectivity index (χ4v) is 0.341. The smallest absolute Gasteiger partial charge is 0.0284 e. The van der Waals surface area contributed by atoms with E-state index in [1.165, 1.54) is 0 Å². The van der Waals surface area contributed by atoms with E-state index in [1.807, 2.05) is 38.1 Å². The van der Waals surface area contributed by atoms with Crippen LogP contribution in [0.3, 0.4) is 0 Å². The van der Waals surface area contributed by atoms with Crippen LogP contribution in [0.1, 0.15) is 6.92 Å². The van der Waals surface area contributed by atoms with E-state index >= 15 is 0 Å². The number of hydrogen-bond acceptors (Lipinski definition) is 1. The highest BCUT2D eigenvalue weighted by molar-refractivity contribution is 5.10. The molecule has 0 radical (unpaired) electrons. The minimum Gasteiger partial charge on any atom is -0.378 e. The Bertz CT molecular complexity index is 101. The molecule has 46 valence electrons. The second-order valence-corrected chi connectivity index (χ2v) is 1.89. The van der Waals surface area contributed by atoms with Crippen LogP contribution in [0.5, 0.6) is 0 Å². The van der Waals surface area contributed by atoms with Crippen LogP contribution in [0.2, 0.25) is 0 Å². The number of rotatable bonds is 2. The van der Waals surface area contributed by atoms with Crippen molar-refractivity contribution < 1.29 is 0 Å². The lowest BCUT2D eigenvalue weighted by atomic mass is 10.4. The zero-order chi connectivity index (χ0) is 6.57. The molecule has 0 aliphatic heterocycles. The molecule has 0 heterocycles. The molecule has 0 saturated carbocycles. The number of nitrogens with zero attached hydrogens (tertiary/aromatic N) is 1. The maximum absolute atomic E-state index is 3.78. The summed E-state index contributed by atoms with van der Waals surface area (Å²) >= 11 is 0. The lowest BCUT2D eigenvalue weighted by Crippen LogP contribution is -2.07. The van der Waals surface area contributed by atoms with Gasteiger partial charge >= 0.3 is 0 Å². The second kappa shape index (κ2) is 3.30. The normalized spacial score (nSPS) is 9.88. The largest absolute Gasteiger partial charge is 0.378 e. The van der Waals surface area contributed by atoms with Crippen LogP contribution in [0.4, 0.5) is 0 Å². The highest BCUT2D eigenvalue weighted by atomic mass is 15.1. The van der Waals surface area contributed by atoms with E-state index in [0.717, 1.165) is 5.70 Å². The van der Waals surface area contributed by atoms with Crippen LogP contribution in [-0.4, -0.2) is 19.0 Å². The van der Waals surface area contributed by atoms with Gasteiger partial charge in [0, 0.05) is 19.8 Å². The summed E-state index contributed by atoms with van der Waals surface area (Å²) in [6, 6.07) is 0. The minimum absolute atomic E-state index is 1.03. The molecule has 0 saturated heterocycles. The van der Waals surface area contributed by atoms with E-state index < -0.39 is 0 Å². The number of hydrogen-bond donors (Lipinski definition) is 0. The molecule has 8 heavy (non-hydrogen) atoms. The molecular formula is C7H13N. The molecule has 0 unspecified atom stereocenters. The van der Waals surface area contributed by atoms with Crippen molar-refractivity contribution in [2.45, 2.75) is 6.92 Å². The van der Waals surface area contributed by atoms with Crippen LogP contribution in [-0.2, 0) is 0 Å². The summed E-state index contributed by atoms with van der Waals surface area (Å²) < 4.78 is 0. The van der Waals surface area contributed by atoms with E-state index in [2.05, 4.69) is 6.58 Å². The SMILES string of the molecule is C=C(/C=C/C)N(C)C. The van der Waals surface area contributed by atoms with Gasteiger partial charge in [-0.3, -0.25) is 0 Å². The molecule has 1 nitrogen and oxygen atoms in total. The summed E-state index contributed by atoms with van der Waals surface area (Å²) in [7, 11) is 3.95. The molecule has 0 aromatic carbocycles. The highest BCUT2D eigenvalue weighted by Crippen LogP contribution is 1.93. The molecule has 0 fully saturated rings. The Kier molecular flexibility index (Phi) is 3.01. The summed E-state index contributed by atoms with van der Waals surface area (Å²) in [5.74, 6) is 0. The Morgan fingerprint density at radius 2 is 2.00 bits per heavy atom. The van der Waals surface area contributed by atoms with Crippen molar-refractivity contribution in [3.63, 3.8) is 0 Å². The zero-order valence-corrected chi connectivity index (χ0v) is 5.81. The van der Waals surface area contributed by atoms with Gasteiger partial charge in [0.2, 0.25) is 0 Å². The van der Waals surface area contributed by atoms with E-state index in [1.54, 1.807) is 0 Å². The van der Waals surface area contributed by atoms with Crippen molar-refractivity contribution in [3.8, 4) is 0 Å². The van der Waals surface area contributed by atoms with E-state index in [9.17, 15) is 0 Å². The van der Waals surface area contributed by atoms with Gasteiger partial charge in [0.15, 0.2) is 0 Å². The minimum atomic E-state index is 1.03. The first-order valence-electron chi connectivity index (χ1n) is 2.67. The van der Waals surface area contributed by atoms with Gasteiger partial charge in [0.25, 0.3) is 0 Å². The maximum atomic E-state index is 3.78. The van der Waals surface area contributed by atoms with Crippen molar-refractivity contribution in [1.82, 2.24) is 4.90 Å². The van der Waals surface area contributed by atoms with Gasteiger partial charge in [0.05, 0.1) is 0 Å². The van der Waals surface area contributed by atoms with Crippen LogP contribution in [0.25, 0.3) is 0 Å². The molecule has 0 rings (SSSR count). The molecule has 0 aromatic heterocycles. The average molecular weight is 111 g/mol. The Labute approximate surface area is 51.3 Å². The third kappa shape index (κ3) is 2.45. The zero-order valence-electron chi connectivity index (χ0n) is 5.81. The van der Waals surface area contributed by atoms with Crippen LogP contribution >= 0.6 is 0 Å². The quantitative estimate of drug-likeness (QED) is 0.490. The van der Waals surface area contributed by atoms with Gasteiger partial charge < -0.3 is 4.90 Å². The first-order valence-corrected chi connectivity index (χ1v) is 2.67. The standard InChI is InChI=1S/C7H13N/c1-5-6-7(2)8(3)4/h5-6H,2H2,1,3-4H3/b6-5+. The molecule has 0 aliphatic rings. The summed E-state index contributed by atoms with van der Waals surface area (Å²) in [5, 5.41) is 0. The molecular weight excluding hydrogens is 98.1 g/mol. The van der Waals surface area contributed by atoms with E-state index in [0.29, 0.717) is 0 Å². The number of likely N-dealkylation sites (N-methyl/N-ethyl adjacent to an activating group) is 1. The third-order valence-corrected chi connectivity index (χ3v) is 0.933. The van der Waals surface area contributed by atoms with Crippen LogP contribution in [0.15, 0.2) is 24.4 Å². The average Bonchev–Trinajstić information content (AvgIpc) is 1.67. The molecule has 0 aliphatic carbocycles. The van der Waals surface area contributed by atoms with Gasteiger partial charge in [-0.15, -0.1) is 0 Å². The Balaban J connectivity index is 3.66. The summed E-state index contributed by atoms with van der Waals surface area (Å²) in [4.78, 5) is 1.97. The predicted octanol–water partition coefficient (Wildman–Crippen LogP) is 1.64. The Hall–Kier alpha value is -0.720. The van der Waals surface area contributed by atoms with E-state index in [-0.39, 0.29) is 0 Å². The fourth-order valence-electron chi connectivity index (χ4n) is 0.341. The van der Waals surface area contributed by atoms with Gasteiger partial charge in [-0.2, -0.15) is 0 Å². The molecule has 1 heteroatoms. The summed E-state index contributed by atoms with van der Waals surface area (Å²) in [6.45, 7) is 5.76. The van der Waals surface area contributed by atoms with Crippen molar-refractivity contribution in [1.29, 1.82) is 0 Å². The molecule has 0 N–H and O–H groups in total. The lowest BCUT2D eigenvalue weighted by Gasteiger charge is -2.10. The number of allylic oxidation sites excluding steroid dienone is 2. The molecule has 0 spiro atoms. The summed E-state index contributed by atoms with van der Waals surface area (Å²) in [6.07, 6.45) is 3.95. The van der Waals surface area contributed by atoms with Crippen molar-refractivity contribution in [2.75, 3.05) is 14.1 Å². The fraction of sp³-hybridized carbons (Fsp3) is 0.429.